The van der Waals surface area contributed by atoms with Gasteiger partial charge in [-0.15, -0.1) is 0 Å². The summed E-state index contributed by atoms with van der Waals surface area (Å²) in [5.74, 6) is 1.19. The number of nitrogens with zero attached hydrogens (tertiary/aromatic N) is 2. The smallest absolute Gasteiger partial charge is 0.227 e. The van der Waals surface area contributed by atoms with Crippen molar-refractivity contribution in [2.45, 2.75) is 19.3 Å². The minimum atomic E-state index is 0.133. The van der Waals surface area contributed by atoms with E-state index in [0.717, 1.165) is 37.4 Å². The molecule has 102 valence electrons. The van der Waals surface area contributed by atoms with Gasteiger partial charge in [0.05, 0.1) is 18.9 Å². The summed E-state index contributed by atoms with van der Waals surface area (Å²) in [6.45, 7) is 3.08. The fourth-order valence-electron chi connectivity index (χ4n) is 2.43. The average Bonchev–Trinajstić information content (AvgIpc) is 2.38. The van der Waals surface area contributed by atoms with Crippen LogP contribution in [-0.2, 0) is 9.53 Å². The molecule has 0 aromatic carbocycles. The molecule has 0 radical (unpaired) electrons. The van der Waals surface area contributed by atoms with Gasteiger partial charge in [-0.05, 0) is 25.0 Å². The molecule has 1 saturated carbocycles. The van der Waals surface area contributed by atoms with Gasteiger partial charge in [0.25, 0.3) is 0 Å². The summed E-state index contributed by atoms with van der Waals surface area (Å²) >= 11 is 0. The first-order chi connectivity index (χ1) is 9.34. The van der Waals surface area contributed by atoms with E-state index < -0.39 is 0 Å². The predicted octanol–water partition coefficient (Wildman–Crippen LogP) is 1.66. The fraction of sp³-hybridized carbons (Fsp3) is 0.571. The predicted molar refractivity (Wildman–Crippen MR) is 73.2 cm³/mol. The third-order valence-electron chi connectivity index (χ3n) is 3.83. The Morgan fingerprint density at radius 2 is 2.16 bits per heavy atom. The van der Waals surface area contributed by atoms with Gasteiger partial charge >= 0.3 is 0 Å². The van der Waals surface area contributed by atoms with E-state index in [9.17, 15) is 4.79 Å². The molecule has 2 fully saturated rings. The molecule has 1 N–H and O–H groups in total. The van der Waals surface area contributed by atoms with Gasteiger partial charge in [-0.25, -0.2) is 4.98 Å². The van der Waals surface area contributed by atoms with Crippen molar-refractivity contribution in [3.05, 3.63) is 18.3 Å². The second-order valence-electron chi connectivity index (χ2n) is 5.09. The second kappa shape index (κ2) is 5.57. The van der Waals surface area contributed by atoms with E-state index in [2.05, 4.69) is 15.2 Å². The number of carbonyl (C=O) groups excluding carboxylic acids is 1. The molecule has 2 aliphatic rings. The molecule has 2 heterocycles. The number of anilines is 2. The molecule has 0 atom stereocenters. The maximum absolute atomic E-state index is 12.0. The van der Waals surface area contributed by atoms with Crippen molar-refractivity contribution in [3.8, 4) is 0 Å². The summed E-state index contributed by atoms with van der Waals surface area (Å²) < 4.78 is 5.35. The molecule has 1 amide bonds. The molecule has 0 bridgehead atoms. The van der Waals surface area contributed by atoms with Gasteiger partial charge in [0.2, 0.25) is 5.91 Å². The van der Waals surface area contributed by atoms with Gasteiger partial charge in [-0.3, -0.25) is 4.79 Å². The Bertz CT molecular complexity index is 454. The summed E-state index contributed by atoms with van der Waals surface area (Å²) in [5, 5.41) is 3.03. The number of amides is 1. The molecule has 5 heteroatoms. The van der Waals surface area contributed by atoms with Crippen LogP contribution in [0.15, 0.2) is 18.3 Å². The standard InChI is InChI=1S/C14H19N3O2/c18-14(11-3-1-4-11)16-12-5-2-6-15-13(12)17-7-9-19-10-8-17/h2,5-6,11H,1,3-4,7-10H2,(H,16,18). The summed E-state index contributed by atoms with van der Waals surface area (Å²) in [7, 11) is 0. The average molecular weight is 261 g/mol. The quantitative estimate of drug-likeness (QED) is 0.899. The second-order valence-corrected chi connectivity index (χ2v) is 5.09. The Balaban J connectivity index is 1.74. The van der Waals surface area contributed by atoms with Crippen LogP contribution in [0.2, 0.25) is 0 Å². The van der Waals surface area contributed by atoms with Crippen LogP contribution in [0.1, 0.15) is 19.3 Å². The Hall–Kier alpha value is -1.62. The zero-order chi connectivity index (χ0) is 13.1. The van der Waals surface area contributed by atoms with E-state index in [-0.39, 0.29) is 11.8 Å². The van der Waals surface area contributed by atoms with E-state index in [1.807, 2.05) is 12.1 Å². The minimum absolute atomic E-state index is 0.133. The highest BCUT2D eigenvalue weighted by molar-refractivity contribution is 5.95. The molecule has 5 nitrogen and oxygen atoms in total. The molecule has 1 aromatic rings. The lowest BCUT2D eigenvalue weighted by Crippen LogP contribution is -2.37. The number of hydrogen-bond acceptors (Lipinski definition) is 4. The Morgan fingerprint density at radius 1 is 1.37 bits per heavy atom. The van der Waals surface area contributed by atoms with Crippen LogP contribution in [0.4, 0.5) is 11.5 Å². The number of aromatic nitrogens is 1. The molecule has 1 aromatic heterocycles. The SMILES string of the molecule is O=C(Nc1cccnc1N1CCOCC1)C1CCC1. The molecule has 1 saturated heterocycles. The molecule has 1 aliphatic carbocycles. The molecule has 1 aliphatic heterocycles. The van der Waals surface area contributed by atoms with Gasteiger partial charge < -0.3 is 15.0 Å². The molecule has 0 unspecified atom stereocenters. The largest absolute Gasteiger partial charge is 0.378 e. The zero-order valence-electron chi connectivity index (χ0n) is 11.0. The molecule has 19 heavy (non-hydrogen) atoms. The van der Waals surface area contributed by atoms with Crippen LogP contribution in [0.5, 0.6) is 0 Å². The van der Waals surface area contributed by atoms with E-state index in [0.29, 0.717) is 13.2 Å². The number of hydrogen-bond donors (Lipinski definition) is 1. The van der Waals surface area contributed by atoms with Crippen LogP contribution < -0.4 is 10.2 Å². The third-order valence-corrected chi connectivity index (χ3v) is 3.83. The van der Waals surface area contributed by atoms with Gasteiger partial charge in [0.15, 0.2) is 5.82 Å². The van der Waals surface area contributed by atoms with Crippen molar-refractivity contribution in [1.29, 1.82) is 0 Å². The van der Waals surface area contributed by atoms with Crippen LogP contribution in [0.25, 0.3) is 0 Å². The Kier molecular flexibility index (Phi) is 3.64. The molecule has 3 rings (SSSR count). The molecular formula is C14H19N3O2. The van der Waals surface area contributed by atoms with E-state index in [1.165, 1.54) is 6.42 Å². The number of nitrogens with one attached hydrogen (secondary N) is 1. The maximum atomic E-state index is 12.0. The van der Waals surface area contributed by atoms with Gasteiger partial charge in [0, 0.05) is 25.2 Å². The molecule has 0 spiro atoms. The van der Waals surface area contributed by atoms with Crippen LogP contribution in [0, 0.1) is 5.92 Å². The summed E-state index contributed by atoms with van der Waals surface area (Å²) in [4.78, 5) is 18.6. The lowest BCUT2D eigenvalue weighted by atomic mass is 9.85. The first kappa shape index (κ1) is 12.4. The van der Waals surface area contributed by atoms with Crippen LogP contribution in [0.3, 0.4) is 0 Å². The van der Waals surface area contributed by atoms with Crippen LogP contribution in [-0.4, -0.2) is 37.2 Å². The van der Waals surface area contributed by atoms with Gasteiger partial charge in [-0.2, -0.15) is 0 Å². The highest BCUT2D eigenvalue weighted by Gasteiger charge is 2.26. The topological polar surface area (TPSA) is 54.5 Å². The van der Waals surface area contributed by atoms with Crippen molar-refractivity contribution in [3.63, 3.8) is 0 Å². The minimum Gasteiger partial charge on any atom is -0.378 e. The van der Waals surface area contributed by atoms with Crippen molar-refractivity contribution < 1.29 is 9.53 Å². The first-order valence-electron chi connectivity index (χ1n) is 6.93. The zero-order valence-corrected chi connectivity index (χ0v) is 11.0. The van der Waals surface area contributed by atoms with E-state index in [1.54, 1.807) is 6.20 Å². The maximum Gasteiger partial charge on any atom is 0.227 e. The fourth-order valence-corrected chi connectivity index (χ4v) is 2.43. The number of ether oxygens (including phenoxy) is 1. The van der Waals surface area contributed by atoms with Crippen molar-refractivity contribution in [2.24, 2.45) is 5.92 Å². The number of pyridine rings is 1. The Labute approximate surface area is 113 Å². The summed E-state index contributed by atoms with van der Waals surface area (Å²) in [6.07, 6.45) is 4.96. The highest BCUT2D eigenvalue weighted by Crippen LogP contribution is 2.29. The lowest BCUT2D eigenvalue weighted by molar-refractivity contribution is -0.122. The van der Waals surface area contributed by atoms with Crippen molar-refractivity contribution in [2.75, 3.05) is 36.5 Å². The lowest BCUT2D eigenvalue weighted by Gasteiger charge is -2.30. The number of rotatable bonds is 3. The number of morpholine rings is 1. The first-order valence-corrected chi connectivity index (χ1v) is 6.93. The normalized spacial score (nSPS) is 19.9. The van der Waals surface area contributed by atoms with Crippen LogP contribution >= 0.6 is 0 Å². The number of carbonyl (C=O) groups is 1. The van der Waals surface area contributed by atoms with Gasteiger partial charge in [-0.1, -0.05) is 6.42 Å². The monoisotopic (exact) mass is 261 g/mol. The Morgan fingerprint density at radius 3 is 2.84 bits per heavy atom. The third kappa shape index (κ3) is 2.71. The highest BCUT2D eigenvalue weighted by atomic mass is 16.5. The summed E-state index contributed by atoms with van der Waals surface area (Å²) in [6, 6.07) is 3.79. The van der Waals surface area contributed by atoms with Crippen molar-refractivity contribution >= 4 is 17.4 Å². The van der Waals surface area contributed by atoms with E-state index >= 15 is 0 Å². The molecular weight excluding hydrogens is 242 g/mol. The van der Waals surface area contributed by atoms with E-state index in [4.69, 9.17) is 4.74 Å². The van der Waals surface area contributed by atoms with Gasteiger partial charge in [0.1, 0.15) is 0 Å². The summed E-state index contributed by atoms with van der Waals surface area (Å²) in [5.41, 5.74) is 0.821. The van der Waals surface area contributed by atoms with Crippen molar-refractivity contribution in [1.82, 2.24) is 4.98 Å².